The van der Waals surface area contributed by atoms with Gasteiger partial charge < -0.3 is 10.3 Å². The van der Waals surface area contributed by atoms with E-state index >= 15 is 0 Å². The number of carbonyl (C=O) groups is 1. The predicted molar refractivity (Wildman–Crippen MR) is 72.3 cm³/mol. The van der Waals surface area contributed by atoms with Gasteiger partial charge in [-0.1, -0.05) is 24.3 Å². The van der Waals surface area contributed by atoms with Crippen molar-refractivity contribution < 1.29 is 18.0 Å². The molecule has 0 unspecified atom stereocenters. The first-order chi connectivity index (χ1) is 9.30. The Hall–Kier alpha value is -2.31. The van der Waals surface area contributed by atoms with E-state index in [9.17, 15) is 18.0 Å². The van der Waals surface area contributed by atoms with Crippen LogP contribution in [0.3, 0.4) is 0 Å². The Kier molecular flexibility index (Phi) is 5.31. The van der Waals surface area contributed by atoms with Crippen molar-refractivity contribution in [3.8, 4) is 0 Å². The van der Waals surface area contributed by atoms with Gasteiger partial charge in [0.15, 0.2) is 0 Å². The van der Waals surface area contributed by atoms with E-state index in [2.05, 4.69) is 5.10 Å². The molecule has 1 aromatic carbocycles. The number of anilines is 1. The summed E-state index contributed by atoms with van der Waals surface area (Å²) >= 11 is 0. The summed E-state index contributed by atoms with van der Waals surface area (Å²) in [7, 11) is 3.48. The number of amides is 1. The van der Waals surface area contributed by atoms with Crippen LogP contribution in [0.5, 0.6) is 0 Å². The molecule has 108 valence electrons. The number of benzene rings is 1. The van der Waals surface area contributed by atoms with Crippen LogP contribution in [-0.4, -0.2) is 37.4 Å². The predicted octanol–water partition coefficient (Wildman–Crippen LogP) is 2.75. The van der Waals surface area contributed by atoms with E-state index in [0.717, 1.165) is 0 Å². The highest BCUT2D eigenvalue weighted by Crippen LogP contribution is 2.21. The lowest BCUT2D eigenvalue weighted by molar-refractivity contribution is -0.167. The Morgan fingerprint density at radius 3 is 2.55 bits per heavy atom. The molecule has 0 saturated carbocycles. The van der Waals surface area contributed by atoms with Gasteiger partial charge in [-0.2, -0.15) is 18.3 Å². The number of hydrogen-bond donors (Lipinski definition) is 1. The van der Waals surface area contributed by atoms with Crippen molar-refractivity contribution in [1.29, 1.82) is 0 Å². The van der Waals surface area contributed by atoms with Gasteiger partial charge in [0.05, 0.1) is 0 Å². The molecule has 4 nitrogen and oxygen atoms in total. The van der Waals surface area contributed by atoms with Crippen molar-refractivity contribution in [1.82, 2.24) is 5.01 Å². The third-order valence-corrected chi connectivity index (χ3v) is 2.13. The standard InChI is InChI=1S/C13H14F3N3O/c1-19(2)17-9-5-7-10-6-3-4-8-11(10)18-12(20)13(14,15)16/h3-9H,1-2H3,(H,18,20)/b7-5+,17-9+. The van der Waals surface area contributed by atoms with Crippen LogP contribution in [0, 0.1) is 0 Å². The Labute approximate surface area is 114 Å². The fourth-order valence-electron chi connectivity index (χ4n) is 1.27. The lowest BCUT2D eigenvalue weighted by Crippen LogP contribution is -2.30. The summed E-state index contributed by atoms with van der Waals surface area (Å²) in [5, 5.41) is 7.32. The maximum atomic E-state index is 12.2. The van der Waals surface area contributed by atoms with E-state index in [0.29, 0.717) is 5.56 Å². The van der Waals surface area contributed by atoms with Gasteiger partial charge in [-0.15, -0.1) is 0 Å². The van der Waals surface area contributed by atoms with Crippen LogP contribution in [0.4, 0.5) is 18.9 Å². The molecule has 7 heteroatoms. The molecule has 0 aliphatic rings. The van der Waals surface area contributed by atoms with E-state index < -0.39 is 12.1 Å². The summed E-state index contributed by atoms with van der Waals surface area (Å²) in [6.07, 6.45) is -0.302. The topological polar surface area (TPSA) is 44.7 Å². The molecule has 1 N–H and O–H groups in total. The highest BCUT2D eigenvalue weighted by Gasteiger charge is 2.38. The zero-order valence-electron chi connectivity index (χ0n) is 11.0. The van der Waals surface area contributed by atoms with Crippen LogP contribution in [-0.2, 0) is 4.79 Å². The van der Waals surface area contributed by atoms with Crippen molar-refractivity contribution in [3.63, 3.8) is 0 Å². The van der Waals surface area contributed by atoms with Crippen LogP contribution in [0.1, 0.15) is 5.56 Å². The second kappa shape index (κ2) is 6.74. The third-order valence-electron chi connectivity index (χ3n) is 2.13. The van der Waals surface area contributed by atoms with Crippen LogP contribution in [0.2, 0.25) is 0 Å². The molecule has 1 aromatic rings. The van der Waals surface area contributed by atoms with Crippen LogP contribution < -0.4 is 5.32 Å². The highest BCUT2D eigenvalue weighted by atomic mass is 19.4. The number of para-hydroxylation sites is 1. The highest BCUT2D eigenvalue weighted by molar-refractivity contribution is 5.97. The molecule has 0 atom stereocenters. The van der Waals surface area contributed by atoms with Gasteiger partial charge in [-0.05, 0) is 17.7 Å². The molecule has 0 saturated heterocycles. The molecule has 0 heterocycles. The molecule has 0 aliphatic heterocycles. The molecule has 20 heavy (non-hydrogen) atoms. The van der Waals surface area contributed by atoms with Gasteiger partial charge in [-0.3, -0.25) is 4.79 Å². The monoisotopic (exact) mass is 285 g/mol. The fraction of sp³-hybridized carbons (Fsp3) is 0.231. The van der Waals surface area contributed by atoms with Crippen molar-refractivity contribution in [3.05, 3.63) is 35.9 Å². The summed E-state index contributed by atoms with van der Waals surface area (Å²) < 4.78 is 36.6. The number of allylic oxidation sites excluding steroid dienone is 1. The molecule has 0 fully saturated rings. The average molecular weight is 285 g/mol. The number of rotatable bonds is 4. The van der Waals surface area contributed by atoms with E-state index in [1.54, 1.807) is 43.4 Å². The largest absolute Gasteiger partial charge is 0.471 e. The molecule has 0 spiro atoms. The second-order valence-corrected chi connectivity index (χ2v) is 4.01. The lowest BCUT2D eigenvalue weighted by Gasteiger charge is -2.10. The van der Waals surface area contributed by atoms with Crippen molar-refractivity contribution in [2.45, 2.75) is 6.18 Å². The number of nitrogens with one attached hydrogen (secondary N) is 1. The first-order valence-electron chi connectivity index (χ1n) is 5.66. The Balaban J connectivity index is 2.86. The first-order valence-corrected chi connectivity index (χ1v) is 5.66. The Morgan fingerprint density at radius 2 is 1.95 bits per heavy atom. The van der Waals surface area contributed by atoms with E-state index in [-0.39, 0.29) is 5.69 Å². The van der Waals surface area contributed by atoms with Crippen molar-refractivity contribution in [2.24, 2.45) is 5.10 Å². The molecule has 0 bridgehead atoms. The molecular formula is C13H14F3N3O. The first kappa shape index (κ1) is 15.7. The number of alkyl halides is 3. The van der Waals surface area contributed by atoms with Gasteiger partial charge in [0.25, 0.3) is 0 Å². The summed E-state index contributed by atoms with van der Waals surface area (Å²) in [5.41, 5.74) is 0.541. The smallest absolute Gasteiger partial charge is 0.318 e. The summed E-state index contributed by atoms with van der Waals surface area (Å²) in [6.45, 7) is 0. The maximum Gasteiger partial charge on any atom is 0.471 e. The molecule has 1 amide bonds. The summed E-state index contributed by atoms with van der Waals surface area (Å²) in [6, 6.07) is 6.18. The quantitative estimate of drug-likeness (QED) is 0.683. The minimum atomic E-state index is -4.91. The van der Waals surface area contributed by atoms with Gasteiger partial charge >= 0.3 is 12.1 Å². The van der Waals surface area contributed by atoms with Crippen LogP contribution >= 0.6 is 0 Å². The molecule has 0 aromatic heterocycles. The average Bonchev–Trinajstić information content (AvgIpc) is 2.35. The number of hydrogen-bond acceptors (Lipinski definition) is 3. The van der Waals surface area contributed by atoms with Gasteiger partial charge in [0.1, 0.15) is 0 Å². The lowest BCUT2D eigenvalue weighted by atomic mass is 10.1. The fourth-order valence-corrected chi connectivity index (χ4v) is 1.27. The van der Waals surface area contributed by atoms with Crippen LogP contribution in [0.15, 0.2) is 35.4 Å². The minimum absolute atomic E-state index is 0.0873. The van der Waals surface area contributed by atoms with Crippen molar-refractivity contribution in [2.75, 3.05) is 19.4 Å². The minimum Gasteiger partial charge on any atom is -0.318 e. The van der Waals surface area contributed by atoms with Crippen molar-refractivity contribution >= 4 is 23.9 Å². The van der Waals surface area contributed by atoms with E-state index in [1.807, 2.05) is 5.32 Å². The molecule has 0 aliphatic carbocycles. The molecule has 1 rings (SSSR count). The number of carbonyl (C=O) groups excluding carboxylic acids is 1. The Bertz CT molecular complexity index is 522. The van der Waals surface area contributed by atoms with Crippen LogP contribution in [0.25, 0.3) is 6.08 Å². The van der Waals surface area contributed by atoms with E-state index in [1.165, 1.54) is 18.3 Å². The zero-order chi connectivity index (χ0) is 15.2. The number of hydrazone groups is 1. The maximum absolute atomic E-state index is 12.2. The molecular weight excluding hydrogens is 271 g/mol. The normalized spacial score (nSPS) is 12.1. The summed E-state index contributed by atoms with van der Waals surface area (Å²) in [4.78, 5) is 10.9. The number of nitrogens with zero attached hydrogens (tertiary/aromatic N) is 2. The zero-order valence-corrected chi connectivity index (χ0v) is 11.0. The molecule has 0 radical (unpaired) electrons. The van der Waals surface area contributed by atoms with Gasteiger partial charge in [-0.25, -0.2) is 0 Å². The third kappa shape index (κ3) is 5.13. The second-order valence-electron chi connectivity index (χ2n) is 4.01. The Morgan fingerprint density at radius 1 is 1.30 bits per heavy atom. The van der Waals surface area contributed by atoms with Gasteiger partial charge in [0, 0.05) is 26.0 Å². The summed E-state index contributed by atoms with van der Waals surface area (Å²) in [5.74, 6) is -2.00. The van der Waals surface area contributed by atoms with Gasteiger partial charge in [0.2, 0.25) is 0 Å². The number of halogens is 3. The van der Waals surface area contributed by atoms with E-state index in [4.69, 9.17) is 0 Å². The SMILES string of the molecule is CN(C)/N=C/C=C/c1ccccc1NC(=O)C(F)(F)F.